The molecule has 4 heteroatoms. The van der Waals surface area contributed by atoms with Crippen LogP contribution in [0.25, 0.3) is 0 Å². The number of hydrogen-bond donors (Lipinski definition) is 2. The van der Waals surface area contributed by atoms with E-state index in [4.69, 9.17) is 9.98 Å². The molecule has 0 aromatic heterocycles. The van der Waals surface area contributed by atoms with Crippen molar-refractivity contribution >= 4 is 11.4 Å². The van der Waals surface area contributed by atoms with Crippen molar-refractivity contribution in [2.45, 2.75) is 37.8 Å². The lowest BCUT2D eigenvalue weighted by Crippen LogP contribution is -2.36. The van der Waals surface area contributed by atoms with E-state index in [1.165, 1.54) is 12.8 Å². The molecule has 0 unspecified atom stereocenters. The standard InChI is InChI=1S/C20H20N2O2/c23-17-11-5-1-7-13(17)19-20(14-8-2-6-12-18(14)24)22-16-10-4-3-9-15(16)21-19/h1-2,5-8,11-12,15-16,23-24H,3-4,9-10H2/t15-,16-/m1/s1. The van der Waals surface area contributed by atoms with Crippen LogP contribution >= 0.6 is 0 Å². The zero-order valence-electron chi connectivity index (χ0n) is 13.4. The number of hydrogen-bond acceptors (Lipinski definition) is 4. The third-order valence-electron chi connectivity index (χ3n) is 4.83. The van der Waals surface area contributed by atoms with Crippen LogP contribution in [0.1, 0.15) is 36.8 Å². The van der Waals surface area contributed by atoms with Crippen molar-refractivity contribution < 1.29 is 10.2 Å². The molecule has 0 amide bonds. The molecule has 0 spiro atoms. The van der Waals surface area contributed by atoms with Crippen molar-refractivity contribution in [1.29, 1.82) is 0 Å². The summed E-state index contributed by atoms with van der Waals surface area (Å²) in [4.78, 5) is 9.90. The van der Waals surface area contributed by atoms with Crippen LogP contribution in [0.3, 0.4) is 0 Å². The molecule has 1 saturated carbocycles. The molecule has 2 atom stereocenters. The summed E-state index contributed by atoms with van der Waals surface area (Å²) in [6.07, 6.45) is 4.39. The van der Waals surface area contributed by atoms with Gasteiger partial charge >= 0.3 is 0 Å². The highest BCUT2D eigenvalue weighted by molar-refractivity contribution is 6.54. The molecule has 24 heavy (non-hydrogen) atoms. The Balaban J connectivity index is 1.87. The van der Waals surface area contributed by atoms with Crippen LogP contribution in [0.5, 0.6) is 11.5 Å². The van der Waals surface area contributed by atoms with Crippen LogP contribution in [0, 0.1) is 0 Å². The van der Waals surface area contributed by atoms with Gasteiger partial charge < -0.3 is 10.2 Å². The predicted octanol–water partition coefficient (Wildman–Crippen LogP) is 3.70. The molecule has 1 aliphatic heterocycles. The Kier molecular flexibility index (Phi) is 3.81. The van der Waals surface area contributed by atoms with Gasteiger partial charge in [-0.1, -0.05) is 37.1 Å². The fraction of sp³-hybridized carbons (Fsp3) is 0.300. The van der Waals surface area contributed by atoms with E-state index in [-0.39, 0.29) is 23.6 Å². The molecule has 0 radical (unpaired) electrons. The second-order valence-corrected chi connectivity index (χ2v) is 6.41. The van der Waals surface area contributed by atoms with Crippen molar-refractivity contribution in [3.63, 3.8) is 0 Å². The number of benzene rings is 2. The Labute approximate surface area is 141 Å². The molecule has 2 aliphatic rings. The van der Waals surface area contributed by atoms with Gasteiger partial charge in [0.05, 0.1) is 23.5 Å². The number of rotatable bonds is 2. The maximum Gasteiger partial charge on any atom is 0.125 e. The maximum atomic E-state index is 10.3. The van der Waals surface area contributed by atoms with Gasteiger partial charge in [-0.25, -0.2) is 0 Å². The lowest BCUT2D eigenvalue weighted by Gasteiger charge is -2.31. The molecule has 0 saturated heterocycles. The van der Waals surface area contributed by atoms with E-state index in [1.807, 2.05) is 24.3 Å². The summed E-state index contributed by atoms with van der Waals surface area (Å²) in [5.41, 5.74) is 2.70. The summed E-state index contributed by atoms with van der Waals surface area (Å²) in [5.74, 6) is 0.377. The summed E-state index contributed by atoms with van der Waals surface area (Å²) in [6.45, 7) is 0. The van der Waals surface area contributed by atoms with Crippen LogP contribution < -0.4 is 0 Å². The highest BCUT2D eigenvalue weighted by Crippen LogP contribution is 2.32. The fourth-order valence-electron chi connectivity index (χ4n) is 3.59. The molecule has 0 bridgehead atoms. The molecule has 2 aromatic carbocycles. The van der Waals surface area contributed by atoms with Gasteiger partial charge in [0.1, 0.15) is 11.5 Å². The van der Waals surface area contributed by atoms with E-state index in [0.717, 1.165) is 12.8 Å². The van der Waals surface area contributed by atoms with Gasteiger partial charge in [-0.05, 0) is 37.1 Å². The number of fused-ring (bicyclic) bond motifs is 1. The van der Waals surface area contributed by atoms with Crippen LogP contribution in [0.4, 0.5) is 0 Å². The topological polar surface area (TPSA) is 65.2 Å². The van der Waals surface area contributed by atoms with E-state index < -0.39 is 0 Å². The molecule has 4 nitrogen and oxygen atoms in total. The first-order valence-electron chi connectivity index (χ1n) is 8.47. The van der Waals surface area contributed by atoms with Gasteiger partial charge in [-0.15, -0.1) is 0 Å². The van der Waals surface area contributed by atoms with Crippen molar-refractivity contribution in [3.05, 3.63) is 59.7 Å². The molecular formula is C20H20N2O2. The van der Waals surface area contributed by atoms with E-state index in [0.29, 0.717) is 22.6 Å². The number of aliphatic imine (C=N–C) groups is 2. The monoisotopic (exact) mass is 320 g/mol. The first-order valence-corrected chi connectivity index (χ1v) is 8.47. The zero-order chi connectivity index (χ0) is 16.5. The molecular weight excluding hydrogens is 300 g/mol. The minimum absolute atomic E-state index is 0.169. The average Bonchev–Trinajstić information content (AvgIpc) is 2.62. The number of nitrogens with zero attached hydrogens (tertiary/aromatic N) is 2. The van der Waals surface area contributed by atoms with Gasteiger partial charge in [0, 0.05) is 11.1 Å². The van der Waals surface area contributed by atoms with Gasteiger partial charge in [-0.3, -0.25) is 9.98 Å². The Morgan fingerprint density at radius 3 is 1.50 bits per heavy atom. The smallest absolute Gasteiger partial charge is 0.125 e. The fourth-order valence-corrected chi connectivity index (χ4v) is 3.59. The van der Waals surface area contributed by atoms with E-state index >= 15 is 0 Å². The highest BCUT2D eigenvalue weighted by Gasteiger charge is 2.32. The summed E-state index contributed by atoms with van der Waals surface area (Å²) in [7, 11) is 0. The Bertz CT molecular complexity index is 756. The maximum absolute atomic E-state index is 10.3. The minimum Gasteiger partial charge on any atom is -0.507 e. The van der Waals surface area contributed by atoms with Crippen molar-refractivity contribution in [2.75, 3.05) is 0 Å². The van der Waals surface area contributed by atoms with E-state index in [2.05, 4.69) is 0 Å². The molecule has 1 fully saturated rings. The summed E-state index contributed by atoms with van der Waals surface area (Å²) < 4.78 is 0. The van der Waals surface area contributed by atoms with Crippen LogP contribution in [0.2, 0.25) is 0 Å². The summed E-state index contributed by atoms with van der Waals surface area (Å²) >= 11 is 0. The van der Waals surface area contributed by atoms with Crippen molar-refractivity contribution in [2.24, 2.45) is 9.98 Å². The first-order chi connectivity index (χ1) is 11.7. The number of para-hydroxylation sites is 2. The van der Waals surface area contributed by atoms with Gasteiger partial charge in [-0.2, -0.15) is 0 Å². The van der Waals surface area contributed by atoms with Gasteiger partial charge in [0.25, 0.3) is 0 Å². The lowest BCUT2D eigenvalue weighted by molar-refractivity contribution is 0.385. The number of phenolic OH excluding ortho intramolecular Hbond substituents is 2. The second kappa shape index (κ2) is 6.11. The molecule has 4 rings (SSSR count). The normalized spacial score (nSPS) is 23.2. The highest BCUT2D eigenvalue weighted by atomic mass is 16.3. The number of aromatic hydroxyl groups is 2. The first kappa shape index (κ1) is 14.9. The predicted molar refractivity (Wildman–Crippen MR) is 95.3 cm³/mol. The molecule has 1 heterocycles. The van der Waals surface area contributed by atoms with Gasteiger partial charge in [0.15, 0.2) is 0 Å². The SMILES string of the molecule is Oc1ccccc1C1=N[C@@H]2CCCC[C@H]2N=C1c1ccccc1O. The zero-order valence-corrected chi connectivity index (χ0v) is 13.4. The van der Waals surface area contributed by atoms with Crippen molar-refractivity contribution in [1.82, 2.24) is 0 Å². The number of phenols is 2. The molecule has 122 valence electrons. The van der Waals surface area contributed by atoms with Gasteiger partial charge in [0.2, 0.25) is 0 Å². The quantitative estimate of drug-likeness (QED) is 0.886. The Morgan fingerprint density at radius 2 is 1.08 bits per heavy atom. The van der Waals surface area contributed by atoms with E-state index in [9.17, 15) is 10.2 Å². The average molecular weight is 320 g/mol. The molecule has 2 aromatic rings. The van der Waals surface area contributed by atoms with Crippen molar-refractivity contribution in [3.8, 4) is 11.5 Å². The minimum atomic E-state index is 0.169. The summed E-state index contributed by atoms with van der Waals surface area (Å²) in [5, 5.41) is 20.6. The Hall–Kier alpha value is -2.62. The Morgan fingerprint density at radius 1 is 0.667 bits per heavy atom. The summed E-state index contributed by atoms with van der Waals surface area (Å²) in [6, 6.07) is 14.7. The molecule has 2 N–H and O–H groups in total. The van der Waals surface area contributed by atoms with Crippen LogP contribution in [0.15, 0.2) is 58.5 Å². The van der Waals surface area contributed by atoms with Crippen LogP contribution in [-0.2, 0) is 0 Å². The third kappa shape index (κ3) is 2.58. The third-order valence-corrected chi connectivity index (χ3v) is 4.83. The lowest BCUT2D eigenvalue weighted by atomic mass is 9.87. The van der Waals surface area contributed by atoms with Crippen LogP contribution in [-0.4, -0.2) is 33.7 Å². The van der Waals surface area contributed by atoms with E-state index in [1.54, 1.807) is 24.3 Å². The largest absolute Gasteiger partial charge is 0.507 e. The second-order valence-electron chi connectivity index (χ2n) is 6.41. The molecule has 1 aliphatic carbocycles.